The molecule has 3 rings (SSSR count). The first kappa shape index (κ1) is 15.1. The molecule has 2 amide bonds. The fourth-order valence-electron chi connectivity index (χ4n) is 2.62. The van der Waals surface area contributed by atoms with Crippen LogP contribution in [-0.4, -0.2) is 34.9 Å². The number of carbonyl (C=O) groups is 2. The molecule has 0 aromatic heterocycles. The molecule has 0 spiro atoms. The van der Waals surface area contributed by atoms with Gasteiger partial charge in [0.05, 0.1) is 6.54 Å². The van der Waals surface area contributed by atoms with Crippen LogP contribution in [0.5, 0.6) is 5.75 Å². The zero-order chi connectivity index (χ0) is 16.4. The summed E-state index contributed by atoms with van der Waals surface area (Å²) in [5.74, 6) is -0.336. The third kappa shape index (κ3) is 3.04. The van der Waals surface area contributed by atoms with Crippen LogP contribution in [0.3, 0.4) is 0 Å². The highest BCUT2D eigenvalue weighted by Crippen LogP contribution is 2.16. The van der Waals surface area contributed by atoms with Gasteiger partial charge in [0, 0.05) is 28.8 Å². The summed E-state index contributed by atoms with van der Waals surface area (Å²) in [6, 6.07) is 4.56. The minimum absolute atomic E-state index is 0.184. The first-order valence-corrected chi connectivity index (χ1v) is 7.27. The summed E-state index contributed by atoms with van der Waals surface area (Å²) in [6.45, 7) is 1.95. The lowest BCUT2D eigenvalue weighted by molar-refractivity contribution is -0.158. The van der Waals surface area contributed by atoms with E-state index in [0.29, 0.717) is 10.8 Å². The zero-order valence-corrected chi connectivity index (χ0v) is 12.5. The Morgan fingerprint density at radius 2 is 2.30 bits per heavy atom. The summed E-state index contributed by atoms with van der Waals surface area (Å²) >= 11 is 0. The highest BCUT2D eigenvalue weighted by molar-refractivity contribution is 5.87. The molecule has 23 heavy (non-hydrogen) atoms. The highest BCUT2D eigenvalue weighted by atomic mass is 16.6. The van der Waals surface area contributed by atoms with Crippen LogP contribution in [-0.2, 0) is 4.79 Å². The van der Waals surface area contributed by atoms with Crippen molar-refractivity contribution in [3.05, 3.63) is 40.9 Å². The van der Waals surface area contributed by atoms with Crippen molar-refractivity contribution in [3.63, 3.8) is 0 Å². The predicted molar refractivity (Wildman–Crippen MR) is 82.5 cm³/mol. The summed E-state index contributed by atoms with van der Waals surface area (Å²) in [4.78, 5) is 23.9. The van der Waals surface area contributed by atoms with Crippen LogP contribution in [0.4, 0.5) is 4.79 Å². The van der Waals surface area contributed by atoms with Gasteiger partial charge < -0.3 is 15.4 Å². The minimum Gasteiger partial charge on any atom is -0.410 e. The number of nitrogens with zero attached hydrogens (tertiary/aromatic N) is 1. The lowest BCUT2D eigenvalue weighted by Crippen LogP contribution is -2.45. The lowest BCUT2D eigenvalue weighted by Gasteiger charge is -2.14. The number of hydrogen-bond acceptors (Lipinski definition) is 5. The van der Waals surface area contributed by atoms with E-state index in [1.807, 2.05) is 12.1 Å². The number of hydrogen-bond donors (Lipinski definition) is 3. The van der Waals surface area contributed by atoms with Gasteiger partial charge in [0.2, 0.25) is 0 Å². The Morgan fingerprint density at radius 3 is 3.04 bits per heavy atom. The van der Waals surface area contributed by atoms with Gasteiger partial charge in [0.25, 0.3) is 5.91 Å². The normalized spacial score (nSPS) is 22.3. The molecule has 0 radical (unpaired) electrons. The number of hydroxylamine groups is 2. The largest absolute Gasteiger partial charge is 0.413 e. The maximum absolute atomic E-state index is 12.1. The molecule has 0 aliphatic carbocycles. The van der Waals surface area contributed by atoms with Crippen LogP contribution in [0.15, 0.2) is 30.5 Å². The van der Waals surface area contributed by atoms with E-state index in [4.69, 9.17) is 4.74 Å². The summed E-state index contributed by atoms with van der Waals surface area (Å²) in [5, 5.41) is 17.2. The van der Waals surface area contributed by atoms with Crippen LogP contribution in [0, 0.1) is 5.92 Å². The molecule has 2 unspecified atom stereocenters. The fourth-order valence-corrected chi connectivity index (χ4v) is 2.62. The summed E-state index contributed by atoms with van der Waals surface area (Å²) in [5.41, 5.74) is 0. The molecule has 120 valence electrons. The molecule has 7 heteroatoms. The van der Waals surface area contributed by atoms with Crippen molar-refractivity contribution in [2.24, 2.45) is 5.92 Å². The van der Waals surface area contributed by atoms with Gasteiger partial charge in [-0.1, -0.05) is 19.1 Å². The monoisotopic (exact) mass is 315 g/mol. The topological polar surface area (TPSA) is 90.9 Å². The fraction of sp³-hybridized carbons (Fsp3) is 0.250. The molecular formula is C16H17N3O4. The van der Waals surface area contributed by atoms with E-state index in [0.717, 1.165) is 10.4 Å². The van der Waals surface area contributed by atoms with Gasteiger partial charge in [-0.15, -0.1) is 0 Å². The molecule has 0 bridgehead atoms. The van der Waals surface area contributed by atoms with Crippen molar-refractivity contribution in [1.82, 2.24) is 15.7 Å². The van der Waals surface area contributed by atoms with Crippen molar-refractivity contribution < 1.29 is 19.5 Å². The average Bonchev–Trinajstić information content (AvgIpc) is 2.73. The van der Waals surface area contributed by atoms with Gasteiger partial charge in [0.1, 0.15) is 11.8 Å². The lowest BCUT2D eigenvalue weighted by atomic mass is 10.1. The standard InChI is InChI=1S/C16H17N3O4/c1-10-9-19(22)15(20)14(10)18-16(21)23-13-6-2-4-11-8-17-7-3-5-12(11)13/h2-8,10,14,17,22H,9H2,1H3,(H,18,21). The molecule has 1 saturated heterocycles. The van der Waals surface area contributed by atoms with Gasteiger partial charge in [-0.3, -0.25) is 10.0 Å². The number of allylic oxidation sites excluding steroid dienone is 1. The Bertz CT molecular complexity index is 787. The molecule has 2 heterocycles. The number of carbonyl (C=O) groups excluding carboxylic acids is 2. The maximum atomic E-state index is 12.1. The second-order valence-corrected chi connectivity index (χ2v) is 5.50. The molecule has 0 saturated carbocycles. The van der Waals surface area contributed by atoms with Crippen LogP contribution >= 0.6 is 0 Å². The SMILES string of the molecule is CC1CN(O)C(=O)C1NC(=O)Oc1cccc2c1=CC=CNC=2. The summed E-state index contributed by atoms with van der Waals surface area (Å²) in [7, 11) is 0. The molecule has 1 fully saturated rings. The van der Waals surface area contributed by atoms with Crippen LogP contribution < -0.4 is 25.8 Å². The first-order valence-electron chi connectivity index (χ1n) is 7.27. The number of rotatable bonds is 2. The summed E-state index contributed by atoms with van der Waals surface area (Å²) in [6.07, 6.45) is 6.46. The molecule has 2 atom stereocenters. The second-order valence-electron chi connectivity index (χ2n) is 5.50. The Labute approximate surface area is 132 Å². The van der Waals surface area contributed by atoms with E-state index in [9.17, 15) is 14.8 Å². The predicted octanol–water partition coefficient (Wildman–Crippen LogP) is -0.353. The quantitative estimate of drug-likeness (QED) is 0.649. The van der Waals surface area contributed by atoms with Crippen molar-refractivity contribution >= 4 is 24.3 Å². The van der Waals surface area contributed by atoms with Gasteiger partial charge in [-0.25, -0.2) is 9.86 Å². The second kappa shape index (κ2) is 6.13. The van der Waals surface area contributed by atoms with Gasteiger partial charge in [-0.05, 0) is 18.2 Å². The van der Waals surface area contributed by atoms with E-state index in [1.165, 1.54) is 0 Å². The van der Waals surface area contributed by atoms with E-state index in [1.54, 1.807) is 37.5 Å². The first-order chi connectivity index (χ1) is 11.1. The number of nitrogens with one attached hydrogen (secondary N) is 2. The van der Waals surface area contributed by atoms with E-state index < -0.39 is 18.0 Å². The zero-order valence-electron chi connectivity index (χ0n) is 12.5. The Kier molecular flexibility index (Phi) is 4.03. The Morgan fingerprint density at radius 1 is 1.48 bits per heavy atom. The van der Waals surface area contributed by atoms with E-state index >= 15 is 0 Å². The number of amides is 2. The molecule has 2 aliphatic heterocycles. The molecule has 1 aromatic carbocycles. The number of ether oxygens (including phenoxy) is 1. The Balaban J connectivity index is 1.79. The van der Waals surface area contributed by atoms with Gasteiger partial charge in [0.15, 0.2) is 0 Å². The highest BCUT2D eigenvalue weighted by Gasteiger charge is 2.38. The van der Waals surface area contributed by atoms with Crippen LogP contribution in [0.25, 0.3) is 12.3 Å². The molecule has 3 N–H and O–H groups in total. The third-order valence-electron chi connectivity index (χ3n) is 3.82. The molecule has 2 aliphatic rings. The van der Waals surface area contributed by atoms with Crippen LogP contribution in [0.2, 0.25) is 0 Å². The molecule has 1 aromatic rings. The summed E-state index contributed by atoms with van der Waals surface area (Å²) < 4.78 is 5.35. The van der Waals surface area contributed by atoms with Gasteiger partial charge in [-0.2, -0.15) is 0 Å². The van der Waals surface area contributed by atoms with Gasteiger partial charge >= 0.3 is 6.09 Å². The average molecular weight is 315 g/mol. The number of benzene rings is 1. The third-order valence-corrected chi connectivity index (χ3v) is 3.82. The molecule has 7 nitrogen and oxygen atoms in total. The van der Waals surface area contributed by atoms with Crippen molar-refractivity contribution in [1.29, 1.82) is 0 Å². The van der Waals surface area contributed by atoms with E-state index in [2.05, 4.69) is 10.6 Å². The van der Waals surface area contributed by atoms with Crippen LogP contribution in [0.1, 0.15) is 6.92 Å². The maximum Gasteiger partial charge on any atom is 0.413 e. The van der Waals surface area contributed by atoms with Crippen molar-refractivity contribution in [2.75, 3.05) is 6.54 Å². The van der Waals surface area contributed by atoms with E-state index in [-0.39, 0.29) is 12.5 Å². The Hall–Kier alpha value is -2.80. The molecular weight excluding hydrogens is 298 g/mol. The minimum atomic E-state index is -0.785. The number of fused-ring (bicyclic) bond motifs is 1. The van der Waals surface area contributed by atoms with Crippen molar-refractivity contribution in [3.8, 4) is 5.75 Å². The van der Waals surface area contributed by atoms with Crippen molar-refractivity contribution in [2.45, 2.75) is 13.0 Å². The smallest absolute Gasteiger partial charge is 0.410 e.